The summed E-state index contributed by atoms with van der Waals surface area (Å²) in [5.41, 5.74) is 0.185. The van der Waals surface area contributed by atoms with Gasteiger partial charge in [-0.05, 0) is 49.8 Å². The van der Waals surface area contributed by atoms with Gasteiger partial charge in [0.05, 0.1) is 5.02 Å². The van der Waals surface area contributed by atoms with E-state index in [0.717, 1.165) is 51.0 Å². The van der Waals surface area contributed by atoms with Gasteiger partial charge in [-0.25, -0.2) is 4.39 Å². The SMILES string of the molecule is O=C(Nc1ccc(Cl)c(F)c1)C(=O)NC1CCCCC1CCCCO. The maximum atomic E-state index is 13.4. The van der Waals surface area contributed by atoms with Crippen LogP contribution in [0.1, 0.15) is 44.9 Å². The first-order valence-corrected chi connectivity index (χ1v) is 9.07. The van der Waals surface area contributed by atoms with E-state index in [4.69, 9.17) is 16.7 Å². The lowest BCUT2D eigenvalue weighted by Crippen LogP contribution is -2.46. The van der Waals surface area contributed by atoms with Gasteiger partial charge in [-0.2, -0.15) is 0 Å². The number of unbranched alkanes of at least 4 members (excludes halogenated alkanes) is 1. The quantitative estimate of drug-likeness (QED) is 0.531. The van der Waals surface area contributed by atoms with Gasteiger partial charge in [-0.15, -0.1) is 0 Å². The molecule has 2 amide bonds. The normalized spacial score (nSPS) is 20.1. The number of anilines is 1. The van der Waals surface area contributed by atoms with Crippen LogP contribution in [0.3, 0.4) is 0 Å². The molecule has 5 nitrogen and oxygen atoms in total. The number of halogens is 2. The third-order valence-corrected chi connectivity index (χ3v) is 4.90. The second kappa shape index (κ2) is 9.73. The number of nitrogens with one attached hydrogen (secondary N) is 2. The van der Waals surface area contributed by atoms with E-state index in [1.54, 1.807) is 0 Å². The second-order valence-corrected chi connectivity index (χ2v) is 6.83. The average molecular weight is 371 g/mol. The first-order valence-electron chi connectivity index (χ1n) is 8.69. The number of rotatable bonds is 6. The highest BCUT2D eigenvalue weighted by Crippen LogP contribution is 2.28. The van der Waals surface area contributed by atoms with Gasteiger partial charge in [0, 0.05) is 18.3 Å². The molecule has 0 bridgehead atoms. The predicted octanol–water partition coefficient (Wildman–Crippen LogP) is 3.26. The molecule has 3 N–H and O–H groups in total. The molecular formula is C18H24ClFN2O3. The Morgan fingerprint density at radius 1 is 1.20 bits per heavy atom. The van der Waals surface area contributed by atoms with Crippen LogP contribution in [0.15, 0.2) is 18.2 Å². The largest absolute Gasteiger partial charge is 0.396 e. The fraction of sp³-hybridized carbons (Fsp3) is 0.556. The fourth-order valence-corrected chi connectivity index (χ4v) is 3.37. The van der Waals surface area contributed by atoms with Crippen LogP contribution in [0, 0.1) is 11.7 Å². The molecule has 7 heteroatoms. The van der Waals surface area contributed by atoms with Crippen LogP contribution in [-0.2, 0) is 9.59 Å². The first kappa shape index (κ1) is 19.7. The van der Waals surface area contributed by atoms with Gasteiger partial charge in [-0.3, -0.25) is 9.59 Å². The highest BCUT2D eigenvalue weighted by Gasteiger charge is 2.28. The second-order valence-electron chi connectivity index (χ2n) is 6.43. The van der Waals surface area contributed by atoms with Crippen LogP contribution < -0.4 is 10.6 Å². The third-order valence-electron chi connectivity index (χ3n) is 4.59. The molecule has 138 valence electrons. The summed E-state index contributed by atoms with van der Waals surface area (Å²) in [7, 11) is 0. The smallest absolute Gasteiger partial charge is 0.313 e. The zero-order valence-corrected chi connectivity index (χ0v) is 14.8. The topological polar surface area (TPSA) is 78.4 Å². The van der Waals surface area contributed by atoms with Crippen molar-refractivity contribution in [2.24, 2.45) is 5.92 Å². The summed E-state index contributed by atoms with van der Waals surface area (Å²) >= 11 is 5.59. The molecule has 0 heterocycles. The first-order chi connectivity index (χ1) is 12.0. The number of carbonyl (C=O) groups is 2. The van der Waals surface area contributed by atoms with Crippen LogP contribution in [0.2, 0.25) is 5.02 Å². The zero-order valence-electron chi connectivity index (χ0n) is 14.1. The minimum atomic E-state index is -0.818. The van der Waals surface area contributed by atoms with Gasteiger partial charge in [0.2, 0.25) is 0 Å². The number of amides is 2. The lowest BCUT2D eigenvalue weighted by Gasteiger charge is -2.32. The molecule has 0 aliphatic heterocycles. The molecular weight excluding hydrogens is 347 g/mol. The van der Waals surface area contributed by atoms with Crippen molar-refractivity contribution in [3.05, 3.63) is 29.0 Å². The van der Waals surface area contributed by atoms with E-state index in [-0.39, 0.29) is 23.4 Å². The molecule has 2 atom stereocenters. The van der Waals surface area contributed by atoms with Gasteiger partial charge >= 0.3 is 11.8 Å². The maximum absolute atomic E-state index is 13.4. The number of aliphatic hydroxyl groups excluding tert-OH is 1. The standard InChI is InChI=1S/C18H24ClFN2O3/c19-14-9-8-13(11-15(14)20)21-17(24)18(25)22-16-7-2-1-5-12(16)6-3-4-10-23/h8-9,11-12,16,23H,1-7,10H2,(H,21,24)(H,22,25). The van der Waals surface area contributed by atoms with Gasteiger partial charge in [-0.1, -0.05) is 30.9 Å². The summed E-state index contributed by atoms with van der Waals surface area (Å²) in [6.45, 7) is 0.170. The Morgan fingerprint density at radius 2 is 1.96 bits per heavy atom. The van der Waals surface area contributed by atoms with Crippen LogP contribution in [0.25, 0.3) is 0 Å². The van der Waals surface area contributed by atoms with E-state index in [9.17, 15) is 14.0 Å². The molecule has 1 aliphatic carbocycles. The van der Waals surface area contributed by atoms with Crippen molar-refractivity contribution in [2.75, 3.05) is 11.9 Å². The van der Waals surface area contributed by atoms with Gasteiger partial charge in [0.25, 0.3) is 0 Å². The van der Waals surface area contributed by atoms with Gasteiger partial charge < -0.3 is 15.7 Å². The Kier molecular flexibility index (Phi) is 7.65. The Hall–Kier alpha value is -1.66. The molecule has 1 fully saturated rings. The average Bonchev–Trinajstić information content (AvgIpc) is 2.59. The predicted molar refractivity (Wildman–Crippen MR) is 94.9 cm³/mol. The summed E-state index contributed by atoms with van der Waals surface area (Å²) in [6, 6.07) is 3.80. The number of carbonyl (C=O) groups excluding carboxylic acids is 2. The summed E-state index contributed by atoms with van der Waals surface area (Å²) in [6.07, 6.45) is 6.58. The van der Waals surface area contributed by atoms with E-state index in [2.05, 4.69) is 10.6 Å². The minimum Gasteiger partial charge on any atom is -0.396 e. The van der Waals surface area contributed by atoms with Crippen molar-refractivity contribution in [1.29, 1.82) is 0 Å². The van der Waals surface area contributed by atoms with Crippen LogP contribution in [-0.4, -0.2) is 29.6 Å². The molecule has 0 spiro atoms. The number of hydrogen-bond donors (Lipinski definition) is 3. The molecule has 2 rings (SSSR count). The van der Waals surface area contributed by atoms with Crippen LogP contribution in [0.5, 0.6) is 0 Å². The van der Waals surface area contributed by atoms with Crippen molar-refractivity contribution in [3.63, 3.8) is 0 Å². The molecule has 1 aliphatic rings. The van der Waals surface area contributed by atoms with Crippen molar-refractivity contribution in [2.45, 2.75) is 51.0 Å². The maximum Gasteiger partial charge on any atom is 0.313 e. The molecule has 1 saturated carbocycles. The van der Waals surface area contributed by atoms with E-state index in [0.29, 0.717) is 5.92 Å². The molecule has 0 radical (unpaired) electrons. The number of hydrogen-bond acceptors (Lipinski definition) is 3. The van der Waals surface area contributed by atoms with E-state index in [1.807, 2.05) is 0 Å². The number of benzene rings is 1. The zero-order chi connectivity index (χ0) is 18.2. The summed E-state index contributed by atoms with van der Waals surface area (Å²) < 4.78 is 13.4. The van der Waals surface area contributed by atoms with E-state index < -0.39 is 17.6 Å². The van der Waals surface area contributed by atoms with Crippen LogP contribution in [0.4, 0.5) is 10.1 Å². The molecule has 2 unspecified atom stereocenters. The van der Waals surface area contributed by atoms with Gasteiger partial charge in [0.1, 0.15) is 5.82 Å². The molecule has 1 aromatic rings. The fourth-order valence-electron chi connectivity index (χ4n) is 3.26. The Morgan fingerprint density at radius 3 is 2.68 bits per heavy atom. The molecule has 1 aromatic carbocycles. The highest BCUT2D eigenvalue weighted by atomic mass is 35.5. The van der Waals surface area contributed by atoms with Crippen molar-refractivity contribution in [1.82, 2.24) is 5.32 Å². The summed E-state index contributed by atoms with van der Waals surface area (Å²) in [5.74, 6) is -1.86. The summed E-state index contributed by atoms with van der Waals surface area (Å²) in [4.78, 5) is 24.2. The van der Waals surface area contributed by atoms with Crippen molar-refractivity contribution < 1.29 is 19.1 Å². The molecule has 0 aromatic heterocycles. The minimum absolute atomic E-state index is 0.0346. The van der Waals surface area contributed by atoms with E-state index >= 15 is 0 Å². The highest BCUT2D eigenvalue weighted by molar-refractivity contribution is 6.39. The molecule has 25 heavy (non-hydrogen) atoms. The van der Waals surface area contributed by atoms with Gasteiger partial charge in [0.15, 0.2) is 0 Å². The third kappa shape index (κ3) is 5.97. The Balaban J connectivity index is 1.89. The monoisotopic (exact) mass is 370 g/mol. The Labute approximate surface area is 151 Å². The lowest BCUT2D eigenvalue weighted by molar-refractivity contribution is -0.137. The van der Waals surface area contributed by atoms with Crippen LogP contribution >= 0.6 is 11.6 Å². The number of aliphatic hydroxyl groups is 1. The molecule has 0 saturated heterocycles. The van der Waals surface area contributed by atoms with Crippen molar-refractivity contribution in [3.8, 4) is 0 Å². The summed E-state index contributed by atoms with van der Waals surface area (Å²) in [5, 5.41) is 14.0. The Bertz CT molecular complexity index is 612. The van der Waals surface area contributed by atoms with E-state index in [1.165, 1.54) is 12.1 Å². The van der Waals surface area contributed by atoms with Crippen molar-refractivity contribution >= 4 is 29.1 Å². The lowest BCUT2D eigenvalue weighted by atomic mass is 9.81.